The molecule has 164 valence electrons. The zero-order valence-electron chi connectivity index (χ0n) is 16.2. The predicted molar refractivity (Wildman–Crippen MR) is 109 cm³/mol. The molecule has 1 aromatic heterocycles. The summed E-state index contributed by atoms with van der Waals surface area (Å²) in [5, 5.41) is 11.9. The number of aromatic nitrogens is 1. The summed E-state index contributed by atoms with van der Waals surface area (Å²) in [6, 6.07) is 2.06. The molecule has 2 amide bonds. The Labute approximate surface area is 180 Å². The van der Waals surface area contributed by atoms with E-state index in [0.29, 0.717) is 13.1 Å². The van der Waals surface area contributed by atoms with Crippen molar-refractivity contribution in [2.24, 2.45) is 5.73 Å². The Balaban J connectivity index is 1.83. The van der Waals surface area contributed by atoms with E-state index >= 15 is 0 Å². The van der Waals surface area contributed by atoms with Crippen molar-refractivity contribution in [3.63, 3.8) is 0 Å². The molecule has 0 bridgehead atoms. The summed E-state index contributed by atoms with van der Waals surface area (Å²) in [5.74, 6) is -4.26. The van der Waals surface area contributed by atoms with Crippen molar-refractivity contribution >= 4 is 23.4 Å². The number of fused-ring (bicyclic) bond motifs is 1. The van der Waals surface area contributed by atoms with Gasteiger partial charge in [-0.2, -0.15) is 0 Å². The minimum absolute atomic E-state index is 0.0848. The molecule has 0 unspecified atom stereocenters. The van der Waals surface area contributed by atoms with Gasteiger partial charge < -0.3 is 25.6 Å². The Morgan fingerprint density at radius 2 is 2.00 bits per heavy atom. The number of hydrogen-bond donors (Lipinski definition) is 3. The second-order valence-corrected chi connectivity index (χ2v) is 7.12. The molecular formula is C20H19ClF2N4O4. The zero-order valence-corrected chi connectivity index (χ0v) is 17.0. The molecule has 1 aliphatic heterocycles. The van der Waals surface area contributed by atoms with Crippen LogP contribution in [-0.4, -0.2) is 46.0 Å². The number of nitrogens with two attached hydrogens (primary N) is 1. The van der Waals surface area contributed by atoms with Crippen LogP contribution in [-0.2, 0) is 13.1 Å². The summed E-state index contributed by atoms with van der Waals surface area (Å²) >= 11 is 5.51. The van der Waals surface area contributed by atoms with Crippen LogP contribution in [0, 0.1) is 11.6 Å². The van der Waals surface area contributed by atoms with Crippen molar-refractivity contribution in [1.82, 2.24) is 14.8 Å². The fourth-order valence-corrected chi connectivity index (χ4v) is 3.32. The molecular weight excluding hydrogens is 434 g/mol. The Bertz CT molecular complexity index is 1130. The third kappa shape index (κ3) is 4.44. The fraction of sp³-hybridized carbons (Fsp3) is 0.250. The van der Waals surface area contributed by atoms with Crippen molar-refractivity contribution in [2.45, 2.75) is 13.1 Å². The molecule has 1 aromatic carbocycles. The lowest BCUT2D eigenvalue weighted by molar-refractivity contribution is 0.0716. The molecule has 0 fully saturated rings. The molecule has 4 N–H and O–H groups in total. The number of hydrogen-bond acceptors (Lipinski definition) is 5. The average molecular weight is 453 g/mol. The minimum atomic E-state index is -1.03. The molecule has 11 heteroatoms. The van der Waals surface area contributed by atoms with Crippen LogP contribution in [0.5, 0.6) is 5.75 Å². The number of benzene rings is 1. The van der Waals surface area contributed by atoms with Gasteiger partial charge in [0.15, 0.2) is 11.4 Å². The average Bonchev–Trinajstić information content (AvgIpc) is 2.75. The molecule has 1 aliphatic rings. The SMILES string of the molecule is NC/C=C\CN1CCn2cc(C(=O)NCc3ccc(F)c(Cl)c3F)c(=O)c(O)c2C1=O. The van der Waals surface area contributed by atoms with E-state index in [1.807, 2.05) is 0 Å². The van der Waals surface area contributed by atoms with Crippen LogP contribution in [0.4, 0.5) is 8.78 Å². The first kappa shape index (κ1) is 22.4. The van der Waals surface area contributed by atoms with Gasteiger partial charge in [-0.15, -0.1) is 0 Å². The van der Waals surface area contributed by atoms with Crippen molar-refractivity contribution in [3.8, 4) is 5.75 Å². The summed E-state index contributed by atoms with van der Waals surface area (Å²) in [6.45, 7) is 0.748. The van der Waals surface area contributed by atoms with Crippen molar-refractivity contribution in [3.05, 3.63) is 74.2 Å². The summed E-state index contributed by atoms with van der Waals surface area (Å²) < 4.78 is 28.6. The quantitative estimate of drug-likeness (QED) is 0.452. The van der Waals surface area contributed by atoms with Crippen LogP contribution in [0.2, 0.25) is 5.02 Å². The summed E-state index contributed by atoms with van der Waals surface area (Å²) in [5.41, 5.74) is 3.62. The lowest BCUT2D eigenvalue weighted by atomic mass is 10.1. The highest BCUT2D eigenvalue weighted by Crippen LogP contribution is 2.22. The summed E-state index contributed by atoms with van der Waals surface area (Å²) in [7, 11) is 0. The Morgan fingerprint density at radius 1 is 1.26 bits per heavy atom. The van der Waals surface area contributed by atoms with Gasteiger partial charge in [0, 0.05) is 44.5 Å². The van der Waals surface area contributed by atoms with Crippen LogP contribution in [0.25, 0.3) is 0 Å². The molecule has 0 saturated heterocycles. The second kappa shape index (κ2) is 9.27. The number of nitrogens with zero attached hydrogens (tertiary/aromatic N) is 2. The minimum Gasteiger partial charge on any atom is -0.503 e. The van der Waals surface area contributed by atoms with Gasteiger partial charge in [0.2, 0.25) is 5.43 Å². The molecule has 8 nitrogen and oxygen atoms in total. The number of pyridine rings is 1. The molecule has 3 rings (SSSR count). The maximum absolute atomic E-state index is 14.0. The van der Waals surface area contributed by atoms with Gasteiger partial charge in [-0.3, -0.25) is 14.4 Å². The molecule has 0 saturated carbocycles. The van der Waals surface area contributed by atoms with Gasteiger partial charge in [-0.1, -0.05) is 29.8 Å². The van der Waals surface area contributed by atoms with Crippen molar-refractivity contribution in [2.75, 3.05) is 19.6 Å². The van der Waals surface area contributed by atoms with Crippen molar-refractivity contribution in [1.29, 1.82) is 0 Å². The molecule has 0 radical (unpaired) electrons. The predicted octanol–water partition coefficient (Wildman–Crippen LogP) is 1.39. The third-order valence-electron chi connectivity index (χ3n) is 4.78. The first-order valence-corrected chi connectivity index (χ1v) is 9.65. The van der Waals surface area contributed by atoms with Crippen LogP contribution in [0.3, 0.4) is 0 Å². The van der Waals surface area contributed by atoms with Gasteiger partial charge >= 0.3 is 0 Å². The maximum Gasteiger partial charge on any atom is 0.274 e. The molecule has 2 heterocycles. The monoisotopic (exact) mass is 452 g/mol. The summed E-state index contributed by atoms with van der Waals surface area (Å²) in [4.78, 5) is 39.0. The van der Waals surface area contributed by atoms with E-state index in [1.165, 1.54) is 15.7 Å². The van der Waals surface area contributed by atoms with Gasteiger partial charge in [-0.25, -0.2) is 8.78 Å². The fourth-order valence-electron chi connectivity index (χ4n) is 3.14. The number of rotatable bonds is 6. The number of aromatic hydroxyl groups is 1. The summed E-state index contributed by atoms with van der Waals surface area (Å²) in [6.07, 6.45) is 4.55. The van der Waals surface area contributed by atoms with E-state index in [-0.39, 0.29) is 30.9 Å². The molecule has 0 atom stereocenters. The first-order chi connectivity index (χ1) is 14.8. The highest BCUT2D eigenvalue weighted by Gasteiger charge is 2.30. The van der Waals surface area contributed by atoms with Gasteiger partial charge in [0.1, 0.15) is 22.2 Å². The lowest BCUT2D eigenvalue weighted by Gasteiger charge is -2.29. The van der Waals surface area contributed by atoms with Crippen LogP contribution >= 0.6 is 11.6 Å². The second-order valence-electron chi connectivity index (χ2n) is 6.74. The van der Waals surface area contributed by atoms with E-state index < -0.39 is 45.2 Å². The number of carbonyl (C=O) groups excluding carboxylic acids is 2. The van der Waals surface area contributed by atoms with E-state index in [4.69, 9.17) is 17.3 Å². The topological polar surface area (TPSA) is 118 Å². The molecule has 31 heavy (non-hydrogen) atoms. The normalized spacial score (nSPS) is 13.5. The van der Waals surface area contributed by atoms with Crippen LogP contribution in [0.1, 0.15) is 26.4 Å². The van der Waals surface area contributed by atoms with Gasteiger partial charge in [0.05, 0.1) is 0 Å². The Morgan fingerprint density at radius 3 is 2.71 bits per heavy atom. The van der Waals surface area contributed by atoms with Crippen LogP contribution < -0.4 is 16.5 Å². The number of carbonyl (C=O) groups is 2. The Hall–Kier alpha value is -3.24. The molecule has 2 aromatic rings. The number of halogens is 3. The standard InChI is InChI=1S/C20H19ClF2N4O4/c21-14-13(22)4-3-11(15(14)23)9-25-19(30)12-10-27-8-7-26(6-2-1-5-24)20(31)16(27)18(29)17(12)28/h1-4,10,29H,5-9,24H2,(H,25,30)/b2-1-. The molecule has 0 aliphatic carbocycles. The highest BCUT2D eigenvalue weighted by atomic mass is 35.5. The van der Waals surface area contributed by atoms with Gasteiger partial charge in [0.25, 0.3) is 11.8 Å². The number of nitrogens with one attached hydrogen (secondary N) is 1. The third-order valence-corrected chi connectivity index (χ3v) is 5.13. The van der Waals surface area contributed by atoms with Crippen molar-refractivity contribution < 1.29 is 23.5 Å². The van der Waals surface area contributed by atoms with Gasteiger partial charge in [-0.05, 0) is 6.07 Å². The smallest absolute Gasteiger partial charge is 0.274 e. The van der Waals surface area contributed by atoms with E-state index in [2.05, 4.69) is 5.32 Å². The van der Waals surface area contributed by atoms with Crippen LogP contribution in [0.15, 0.2) is 35.3 Å². The zero-order chi connectivity index (χ0) is 22.7. The number of amides is 2. The molecule has 0 spiro atoms. The Kier molecular flexibility index (Phi) is 6.71. The van der Waals surface area contributed by atoms with E-state index in [0.717, 1.165) is 12.1 Å². The largest absolute Gasteiger partial charge is 0.503 e. The lowest BCUT2D eigenvalue weighted by Crippen LogP contribution is -2.42. The van der Waals surface area contributed by atoms with E-state index in [1.54, 1.807) is 12.2 Å². The first-order valence-electron chi connectivity index (χ1n) is 9.27. The highest BCUT2D eigenvalue weighted by molar-refractivity contribution is 6.30. The maximum atomic E-state index is 14.0. The van der Waals surface area contributed by atoms with E-state index in [9.17, 15) is 28.3 Å².